The van der Waals surface area contributed by atoms with Crippen molar-refractivity contribution in [2.45, 2.75) is 0 Å². The van der Waals surface area contributed by atoms with Crippen LogP contribution in [0, 0.1) is 0 Å². The first-order chi connectivity index (χ1) is 14.8. The van der Waals surface area contributed by atoms with Crippen molar-refractivity contribution < 1.29 is 7.87 Å². The quantitative estimate of drug-likeness (QED) is 0.412. The number of anilines is 1. The Bertz CT molecular complexity index is 1020. The van der Waals surface area contributed by atoms with Crippen LogP contribution in [0.3, 0.4) is 0 Å². The second kappa shape index (κ2) is 9.18. The minimum atomic E-state index is -4.11. The van der Waals surface area contributed by atoms with Crippen LogP contribution >= 0.6 is 0 Å². The van der Waals surface area contributed by atoms with E-state index in [9.17, 15) is 4.79 Å². The van der Waals surface area contributed by atoms with E-state index in [0.717, 1.165) is 16.4 Å². The zero-order chi connectivity index (χ0) is 20.8. The third-order valence-electron chi connectivity index (χ3n) is 5.20. The van der Waals surface area contributed by atoms with E-state index in [1.807, 2.05) is 85.9 Å². The van der Waals surface area contributed by atoms with Crippen LogP contribution in [0.2, 0.25) is 0 Å². The van der Waals surface area contributed by atoms with Gasteiger partial charge in [0, 0.05) is 0 Å². The molecule has 148 valence electrons. The Morgan fingerprint density at radius 3 is 1.47 bits per heavy atom. The van der Waals surface area contributed by atoms with Crippen molar-refractivity contribution in [1.82, 2.24) is 0 Å². The monoisotopic (exact) mass is 501 g/mol. The van der Waals surface area contributed by atoms with Crippen LogP contribution in [-0.4, -0.2) is 31.8 Å². The second-order valence-corrected chi connectivity index (χ2v) is 16.4. The van der Waals surface area contributed by atoms with Crippen LogP contribution in [0.25, 0.3) is 0 Å². The normalized spacial score (nSPS) is 11.0. The van der Waals surface area contributed by atoms with Gasteiger partial charge in [0.05, 0.1) is 0 Å². The molecule has 0 heterocycles. The Labute approximate surface area is 181 Å². The van der Waals surface area contributed by atoms with Gasteiger partial charge in [-0.3, -0.25) is 0 Å². The molecular weight excluding hydrogens is 477 g/mol. The Morgan fingerprint density at radius 2 is 1.03 bits per heavy atom. The first kappa shape index (κ1) is 20.2. The number of carbonyl (C=O) groups excluding carboxylic acids is 1. The van der Waals surface area contributed by atoms with Gasteiger partial charge in [0.15, 0.2) is 0 Å². The van der Waals surface area contributed by atoms with Gasteiger partial charge in [0.2, 0.25) is 0 Å². The molecular formula is C26H23NO2Sn. The second-order valence-electron chi connectivity index (χ2n) is 6.96. The minimum absolute atomic E-state index is 0.299. The molecule has 0 aromatic heterocycles. The zero-order valence-electron chi connectivity index (χ0n) is 16.8. The van der Waals surface area contributed by atoms with E-state index in [1.54, 1.807) is 0 Å². The number of rotatable bonds is 6. The molecule has 0 unspecified atom stereocenters. The van der Waals surface area contributed by atoms with E-state index in [0.29, 0.717) is 5.56 Å². The predicted octanol–water partition coefficient (Wildman–Crippen LogP) is 3.55. The Balaban J connectivity index is 1.94. The standard InChI is InChI=1S/C8H9NO2.3C6H5.Sn/c1-9-7-5-3-2-4-6(7)8(10)11;3*1-2-4-6-5-3-1;/h2-5,9H,1H3,(H,10,11);3*1-5H;/q;;;;+1/p-1. The van der Waals surface area contributed by atoms with Gasteiger partial charge in [-0.05, 0) is 0 Å². The summed E-state index contributed by atoms with van der Waals surface area (Å²) in [6.45, 7) is 0. The van der Waals surface area contributed by atoms with Crippen LogP contribution in [-0.2, 0) is 3.07 Å². The Hall–Kier alpha value is -3.05. The summed E-state index contributed by atoms with van der Waals surface area (Å²) in [5.74, 6) is -0.299. The molecule has 4 heteroatoms. The Morgan fingerprint density at radius 1 is 0.633 bits per heavy atom. The van der Waals surface area contributed by atoms with E-state index >= 15 is 0 Å². The first-order valence-corrected chi connectivity index (χ1v) is 15.4. The van der Waals surface area contributed by atoms with Gasteiger partial charge in [0.1, 0.15) is 0 Å². The van der Waals surface area contributed by atoms with Gasteiger partial charge in [-0.15, -0.1) is 0 Å². The van der Waals surface area contributed by atoms with Crippen LogP contribution < -0.4 is 16.1 Å². The summed E-state index contributed by atoms with van der Waals surface area (Å²) in [6, 6.07) is 38.1. The van der Waals surface area contributed by atoms with Crippen molar-refractivity contribution in [3.8, 4) is 0 Å². The first-order valence-electron chi connectivity index (χ1n) is 9.92. The van der Waals surface area contributed by atoms with Gasteiger partial charge in [-0.25, -0.2) is 0 Å². The van der Waals surface area contributed by atoms with Gasteiger partial charge < -0.3 is 0 Å². The van der Waals surface area contributed by atoms with Crippen LogP contribution in [0.5, 0.6) is 0 Å². The van der Waals surface area contributed by atoms with Gasteiger partial charge >= 0.3 is 182 Å². The summed E-state index contributed by atoms with van der Waals surface area (Å²) in [6.07, 6.45) is 0. The fraction of sp³-hybridized carbons (Fsp3) is 0.0385. The summed E-state index contributed by atoms with van der Waals surface area (Å²) in [5.41, 5.74) is 1.31. The van der Waals surface area contributed by atoms with Gasteiger partial charge in [-0.1, -0.05) is 0 Å². The molecule has 0 bridgehead atoms. The summed E-state index contributed by atoms with van der Waals surface area (Å²) in [5, 5.41) is 3.10. The zero-order valence-corrected chi connectivity index (χ0v) is 19.6. The molecule has 0 saturated heterocycles. The number of benzene rings is 4. The molecule has 0 aliphatic carbocycles. The SMILES string of the molecule is CNc1ccccc1C(=O)[O][Sn]([c]1ccccc1)([c]1ccccc1)[c]1ccccc1. The molecule has 1 N–H and O–H groups in total. The van der Waals surface area contributed by atoms with Crippen molar-refractivity contribution >= 4 is 41.2 Å². The molecule has 0 aliphatic rings. The van der Waals surface area contributed by atoms with Crippen molar-refractivity contribution in [2.75, 3.05) is 12.4 Å². The molecule has 0 radical (unpaired) electrons. The molecule has 3 nitrogen and oxygen atoms in total. The molecule has 30 heavy (non-hydrogen) atoms. The van der Waals surface area contributed by atoms with Crippen LogP contribution in [0.4, 0.5) is 5.69 Å². The Kier molecular flexibility index (Phi) is 6.19. The van der Waals surface area contributed by atoms with E-state index in [1.165, 1.54) is 0 Å². The number of hydrogen-bond acceptors (Lipinski definition) is 3. The summed E-state index contributed by atoms with van der Waals surface area (Å²) >= 11 is -4.11. The van der Waals surface area contributed by atoms with Gasteiger partial charge in [0.25, 0.3) is 0 Å². The molecule has 4 aromatic carbocycles. The van der Waals surface area contributed by atoms with Crippen molar-refractivity contribution in [2.24, 2.45) is 0 Å². The van der Waals surface area contributed by atoms with Crippen molar-refractivity contribution in [3.05, 3.63) is 121 Å². The molecule has 0 fully saturated rings. The number of para-hydroxylation sites is 1. The fourth-order valence-corrected chi connectivity index (χ4v) is 14.4. The van der Waals surface area contributed by atoms with Gasteiger partial charge in [-0.2, -0.15) is 0 Å². The van der Waals surface area contributed by atoms with Crippen LogP contribution in [0.15, 0.2) is 115 Å². The average Bonchev–Trinajstić information content (AvgIpc) is 2.84. The number of hydrogen-bond donors (Lipinski definition) is 1. The molecule has 4 rings (SSSR count). The molecule has 0 amide bonds. The fourth-order valence-electron chi connectivity index (χ4n) is 3.77. The summed E-state index contributed by atoms with van der Waals surface area (Å²) in [4.78, 5) is 13.6. The van der Waals surface area contributed by atoms with E-state index < -0.39 is 18.8 Å². The van der Waals surface area contributed by atoms with E-state index in [4.69, 9.17) is 3.07 Å². The molecule has 0 saturated carbocycles. The van der Waals surface area contributed by atoms with Crippen LogP contribution in [0.1, 0.15) is 10.4 Å². The van der Waals surface area contributed by atoms with Crippen molar-refractivity contribution in [1.29, 1.82) is 0 Å². The molecule has 4 aromatic rings. The van der Waals surface area contributed by atoms with Crippen molar-refractivity contribution in [3.63, 3.8) is 0 Å². The molecule has 0 spiro atoms. The van der Waals surface area contributed by atoms with E-state index in [2.05, 4.69) is 41.7 Å². The number of nitrogens with one attached hydrogen (secondary N) is 1. The average molecular weight is 500 g/mol. The maximum absolute atomic E-state index is 13.6. The topological polar surface area (TPSA) is 38.3 Å². The summed E-state index contributed by atoms with van der Waals surface area (Å²) in [7, 11) is 1.81. The molecule has 0 atom stereocenters. The third-order valence-corrected chi connectivity index (χ3v) is 16.4. The number of carbonyl (C=O) groups is 1. The van der Waals surface area contributed by atoms with E-state index in [-0.39, 0.29) is 5.97 Å². The predicted molar refractivity (Wildman–Crippen MR) is 125 cm³/mol. The summed E-state index contributed by atoms with van der Waals surface area (Å²) < 4.78 is 9.95. The third kappa shape index (κ3) is 3.85. The molecule has 0 aliphatic heterocycles. The maximum atomic E-state index is 13.6.